The van der Waals surface area contributed by atoms with Crippen LogP contribution in [-0.2, 0) is 20.7 Å². The molecule has 4 nitrogen and oxygen atoms in total. The van der Waals surface area contributed by atoms with Gasteiger partial charge in [-0.05, 0) is 30.0 Å². The minimum atomic E-state index is -0.338. The lowest BCUT2D eigenvalue weighted by Crippen LogP contribution is -2.11. The molecule has 0 aliphatic carbocycles. The van der Waals surface area contributed by atoms with Crippen molar-refractivity contribution in [1.29, 1.82) is 0 Å². The van der Waals surface area contributed by atoms with Gasteiger partial charge in [-0.3, -0.25) is 4.79 Å². The molecule has 1 unspecified atom stereocenters. The molecule has 0 saturated carbocycles. The van der Waals surface area contributed by atoms with E-state index in [4.69, 9.17) is 4.74 Å². The van der Waals surface area contributed by atoms with Crippen molar-refractivity contribution < 1.29 is 19.1 Å². The van der Waals surface area contributed by atoms with Crippen LogP contribution >= 0.6 is 0 Å². The Hall–Kier alpha value is -1.84. The zero-order valence-corrected chi connectivity index (χ0v) is 10.9. The van der Waals surface area contributed by atoms with Gasteiger partial charge in [0, 0.05) is 6.92 Å². The molecule has 0 heterocycles. The van der Waals surface area contributed by atoms with Crippen LogP contribution in [0.1, 0.15) is 29.8 Å². The zero-order chi connectivity index (χ0) is 13.5. The van der Waals surface area contributed by atoms with Crippen molar-refractivity contribution in [2.24, 2.45) is 5.92 Å². The molecule has 18 heavy (non-hydrogen) atoms. The van der Waals surface area contributed by atoms with E-state index in [0.717, 1.165) is 12.0 Å². The number of rotatable bonds is 5. The molecule has 98 valence electrons. The van der Waals surface area contributed by atoms with Crippen molar-refractivity contribution in [3.05, 3.63) is 35.4 Å². The highest BCUT2D eigenvalue weighted by molar-refractivity contribution is 5.89. The Morgan fingerprint density at radius 3 is 2.33 bits per heavy atom. The fourth-order valence-electron chi connectivity index (χ4n) is 1.62. The third kappa shape index (κ3) is 4.57. The van der Waals surface area contributed by atoms with E-state index in [-0.39, 0.29) is 17.9 Å². The van der Waals surface area contributed by atoms with E-state index in [2.05, 4.69) is 4.74 Å². The van der Waals surface area contributed by atoms with Gasteiger partial charge in [-0.1, -0.05) is 19.1 Å². The van der Waals surface area contributed by atoms with Crippen LogP contribution in [0.15, 0.2) is 24.3 Å². The number of esters is 2. The van der Waals surface area contributed by atoms with Crippen LogP contribution in [0, 0.1) is 5.92 Å². The highest BCUT2D eigenvalue weighted by atomic mass is 16.5. The Balaban J connectivity index is 2.53. The SMILES string of the molecule is COC(=O)c1ccc(CC(C)COC(C)=O)cc1. The largest absolute Gasteiger partial charge is 0.466 e. The van der Waals surface area contributed by atoms with Crippen molar-refractivity contribution in [1.82, 2.24) is 0 Å². The molecule has 0 spiro atoms. The second-order valence-electron chi connectivity index (χ2n) is 4.30. The van der Waals surface area contributed by atoms with E-state index in [0.29, 0.717) is 12.2 Å². The van der Waals surface area contributed by atoms with Crippen LogP contribution in [0.4, 0.5) is 0 Å². The first-order valence-electron chi connectivity index (χ1n) is 5.83. The highest BCUT2D eigenvalue weighted by Crippen LogP contribution is 2.11. The molecule has 0 N–H and O–H groups in total. The van der Waals surface area contributed by atoms with Gasteiger partial charge in [0.2, 0.25) is 0 Å². The maximum absolute atomic E-state index is 11.2. The first-order valence-corrected chi connectivity index (χ1v) is 5.83. The minimum absolute atomic E-state index is 0.248. The molecular weight excluding hydrogens is 232 g/mol. The molecule has 0 aliphatic heterocycles. The molecule has 1 aromatic rings. The monoisotopic (exact) mass is 250 g/mol. The molecule has 0 bridgehead atoms. The zero-order valence-electron chi connectivity index (χ0n) is 10.9. The number of carbonyl (C=O) groups excluding carboxylic acids is 2. The number of carbonyl (C=O) groups is 2. The van der Waals surface area contributed by atoms with Crippen molar-refractivity contribution in [2.75, 3.05) is 13.7 Å². The predicted molar refractivity (Wildman–Crippen MR) is 67.3 cm³/mol. The van der Waals surface area contributed by atoms with E-state index in [1.807, 2.05) is 19.1 Å². The first-order chi connectivity index (χ1) is 8.52. The summed E-state index contributed by atoms with van der Waals surface area (Å²) in [5, 5.41) is 0. The topological polar surface area (TPSA) is 52.6 Å². The third-order valence-corrected chi connectivity index (χ3v) is 2.53. The molecule has 1 atom stereocenters. The standard InChI is InChI=1S/C14H18O4/c1-10(9-18-11(2)15)8-12-4-6-13(7-5-12)14(16)17-3/h4-7,10H,8-9H2,1-3H3. The molecule has 1 aromatic carbocycles. The number of methoxy groups -OCH3 is 1. The van der Waals surface area contributed by atoms with Gasteiger partial charge in [0.25, 0.3) is 0 Å². The lowest BCUT2D eigenvalue weighted by atomic mass is 10.0. The van der Waals surface area contributed by atoms with E-state index >= 15 is 0 Å². The Labute approximate surface area is 107 Å². The molecule has 1 rings (SSSR count). The van der Waals surface area contributed by atoms with Crippen molar-refractivity contribution >= 4 is 11.9 Å². The summed E-state index contributed by atoms with van der Waals surface area (Å²) in [5.41, 5.74) is 1.64. The molecule has 0 fully saturated rings. The molecule has 0 saturated heterocycles. The minimum Gasteiger partial charge on any atom is -0.466 e. The van der Waals surface area contributed by atoms with Crippen LogP contribution in [0.5, 0.6) is 0 Å². The van der Waals surface area contributed by atoms with E-state index in [1.165, 1.54) is 14.0 Å². The smallest absolute Gasteiger partial charge is 0.337 e. The Kier molecular flexibility index (Phi) is 5.36. The summed E-state index contributed by atoms with van der Waals surface area (Å²) < 4.78 is 9.57. The van der Waals surface area contributed by atoms with Gasteiger partial charge in [0.15, 0.2) is 0 Å². The highest BCUT2D eigenvalue weighted by Gasteiger charge is 2.08. The van der Waals surface area contributed by atoms with E-state index < -0.39 is 0 Å². The maximum Gasteiger partial charge on any atom is 0.337 e. The van der Waals surface area contributed by atoms with Gasteiger partial charge in [-0.25, -0.2) is 4.79 Å². The summed E-state index contributed by atoms with van der Waals surface area (Å²) >= 11 is 0. The lowest BCUT2D eigenvalue weighted by molar-refractivity contribution is -0.142. The summed E-state index contributed by atoms with van der Waals surface area (Å²) in [6.45, 7) is 3.82. The van der Waals surface area contributed by atoms with Crippen LogP contribution in [-0.4, -0.2) is 25.7 Å². The average molecular weight is 250 g/mol. The first kappa shape index (κ1) is 14.2. The third-order valence-electron chi connectivity index (χ3n) is 2.53. The number of hydrogen-bond acceptors (Lipinski definition) is 4. The second kappa shape index (κ2) is 6.79. The Morgan fingerprint density at radius 1 is 1.22 bits per heavy atom. The Bertz CT molecular complexity index is 408. The molecule has 0 aromatic heterocycles. The summed E-state index contributed by atoms with van der Waals surface area (Å²) in [4.78, 5) is 21.9. The summed E-state index contributed by atoms with van der Waals surface area (Å²) in [5.74, 6) is -0.352. The number of ether oxygens (including phenoxy) is 2. The van der Waals surface area contributed by atoms with Gasteiger partial charge in [-0.15, -0.1) is 0 Å². The molecule has 0 amide bonds. The normalized spacial score (nSPS) is 11.7. The van der Waals surface area contributed by atoms with Gasteiger partial charge in [-0.2, -0.15) is 0 Å². The lowest BCUT2D eigenvalue weighted by Gasteiger charge is -2.11. The molecule has 0 aliphatic rings. The van der Waals surface area contributed by atoms with Crippen LogP contribution in [0.2, 0.25) is 0 Å². The Morgan fingerprint density at radius 2 is 1.83 bits per heavy atom. The van der Waals surface area contributed by atoms with Crippen LogP contribution in [0.25, 0.3) is 0 Å². The van der Waals surface area contributed by atoms with Gasteiger partial charge >= 0.3 is 11.9 Å². The average Bonchev–Trinajstić information content (AvgIpc) is 2.36. The molecular formula is C14H18O4. The number of benzene rings is 1. The fourth-order valence-corrected chi connectivity index (χ4v) is 1.62. The summed E-state index contributed by atoms with van der Waals surface area (Å²) in [6, 6.07) is 7.24. The van der Waals surface area contributed by atoms with E-state index in [9.17, 15) is 9.59 Å². The van der Waals surface area contributed by atoms with Gasteiger partial charge in [0.1, 0.15) is 0 Å². The van der Waals surface area contributed by atoms with Crippen molar-refractivity contribution in [2.45, 2.75) is 20.3 Å². The molecule has 4 heteroatoms. The van der Waals surface area contributed by atoms with Crippen molar-refractivity contribution in [3.8, 4) is 0 Å². The van der Waals surface area contributed by atoms with Crippen LogP contribution in [0.3, 0.4) is 0 Å². The number of hydrogen-bond donors (Lipinski definition) is 0. The van der Waals surface area contributed by atoms with Gasteiger partial charge < -0.3 is 9.47 Å². The van der Waals surface area contributed by atoms with Crippen molar-refractivity contribution in [3.63, 3.8) is 0 Å². The quantitative estimate of drug-likeness (QED) is 0.752. The predicted octanol–water partition coefficient (Wildman–Crippen LogP) is 2.21. The molecule has 0 radical (unpaired) electrons. The van der Waals surface area contributed by atoms with Crippen LogP contribution < -0.4 is 0 Å². The fraction of sp³-hybridized carbons (Fsp3) is 0.429. The summed E-state index contributed by atoms with van der Waals surface area (Å²) in [6.07, 6.45) is 0.800. The van der Waals surface area contributed by atoms with Gasteiger partial charge in [0.05, 0.1) is 19.3 Å². The summed E-state index contributed by atoms with van der Waals surface area (Å²) in [7, 11) is 1.36. The van der Waals surface area contributed by atoms with E-state index in [1.54, 1.807) is 12.1 Å². The maximum atomic E-state index is 11.2. The second-order valence-corrected chi connectivity index (χ2v) is 4.30.